The van der Waals surface area contributed by atoms with Gasteiger partial charge in [-0.2, -0.15) is 0 Å². The fourth-order valence-electron chi connectivity index (χ4n) is 1.80. The monoisotopic (exact) mass is 307 g/mol. The maximum absolute atomic E-state index is 12.0. The summed E-state index contributed by atoms with van der Waals surface area (Å²) in [6.07, 6.45) is -2.13. The summed E-state index contributed by atoms with van der Waals surface area (Å²) in [4.78, 5) is 14.6. The van der Waals surface area contributed by atoms with Crippen LogP contribution in [0.15, 0.2) is 29.4 Å². The Kier molecular flexibility index (Phi) is 6.37. The van der Waals surface area contributed by atoms with Gasteiger partial charge < -0.3 is 14.9 Å². The van der Waals surface area contributed by atoms with Gasteiger partial charge in [0.2, 0.25) is 0 Å². The lowest BCUT2D eigenvalue weighted by Crippen LogP contribution is -2.24. The zero-order chi connectivity index (χ0) is 16.8. The number of carbonyl (C=O) groups excluding carboxylic acids is 1. The van der Waals surface area contributed by atoms with E-state index < -0.39 is 23.8 Å². The fourth-order valence-corrected chi connectivity index (χ4v) is 1.80. The minimum Gasteiger partial charge on any atom is -0.456 e. The van der Waals surface area contributed by atoms with E-state index in [0.717, 1.165) is 0 Å². The summed E-state index contributed by atoms with van der Waals surface area (Å²) in [5.41, 5.74) is 8.28. The number of aliphatic hydroxyl groups is 2. The number of hydrogen-bond donors (Lipinski definition) is 2. The summed E-state index contributed by atoms with van der Waals surface area (Å²) in [5, 5.41) is 23.3. The zero-order valence-electron chi connectivity index (χ0n) is 12.9. The lowest BCUT2D eigenvalue weighted by molar-refractivity contribution is 0.00641. The molecule has 120 valence electrons. The fraction of sp³-hybridized carbons (Fsp3) is 0.533. The van der Waals surface area contributed by atoms with Crippen LogP contribution in [0.25, 0.3) is 10.4 Å². The molecule has 1 aromatic carbocycles. The summed E-state index contributed by atoms with van der Waals surface area (Å²) in [5.74, 6) is -0.495. The van der Waals surface area contributed by atoms with E-state index in [-0.39, 0.29) is 13.0 Å². The van der Waals surface area contributed by atoms with Crippen LogP contribution < -0.4 is 0 Å². The van der Waals surface area contributed by atoms with Gasteiger partial charge in [0.15, 0.2) is 0 Å². The second-order valence-corrected chi connectivity index (χ2v) is 5.88. The molecule has 22 heavy (non-hydrogen) atoms. The number of aliphatic hydroxyl groups excluding tert-OH is 2. The molecular formula is C15H21N3O4. The molecule has 2 unspecified atom stereocenters. The Morgan fingerprint density at radius 2 is 2.09 bits per heavy atom. The molecule has 0 aliphatic rings. The number of carbonyl (C=O) groups is 1. The summed E-state index contributed by atoms with van der Waals surface area (Å²) in [7, 11) is 0. The van der Waals surface area contributed by atoms with E-state index in [1.54, 1.807) is 39.0 Å². The Labute approximate surface area is 129 Å². The van der Waals surface area contributed by atoms with E-state index in [1.807, 2.05) is 0 Å². The van der Waals surface area contributed by atoms with Crippen molar-refractivity contribution in [2.45, 2.75) is 45.0 Å². The SMILES string of the molecule is CC(C)(C)OC(=O)c1cccc(C(O)C(O)CCN=[N+]=[N-])c1. The van der Waals surface area contributed by atoms with Crippen molar-refractivity contribution in [1.29, 1.82) is 0 Å². The van der Waals surface area contributed by atoms with E-state index in [1.165, 1.54) is 6.07 Å². The third-order valence-corrected chi connectivity index (χ3v) is 2.82. The maximum Gasteiger partial charge on any atom is 0.338 e. The van der Waals surface area contributed by atoms with Gasteiger partial charge in [-0.1, -0.05) is 17.2 Å². The van der Waals surface area contributed by atoms with Gasteiger partial charge in [-0.05, 0) is 50.4 Å². The second kappa shape index (κ2) is 7.79. The standard InChI is InChI=1S/C15H21N3O4/c1-15(2,3)22-14(21)11-6-4-5-10(9-11)13(20)12(19)7-8-17-18-16/h4-6,9,12-13,19-20H,7-8H2,1-3H3. The Morgan fingerprint density at radius 1 is 1.41 bits per heavy atom. The van der Waals surface area contributed by atoms with Crippen molar-refractivity contribution in [1.82, 2.24) is 0 Å². The molecule has 0 saturated heterocycles. The average Bonchev–Trinajstić information content (AvgIpc) is 2.45. The highest BCUT2D eigenvalue weighted by Crippen LogP contribution is 2.21. The zero-order valence-corrected chi connectivity index (χ0v) is 12.9. The molecular weight excluding hydrogens is 286 g/mol. The molecule has 0 aliphatic carbocycles. The van der Waals surface area contributed by atoms with Crippen molar-refractivity contribution >= 4 is 5.97 Å². The van der Waals surface area contributed by atoms with Crippen LogP contribution in [0, 0.1) is 0 Å². The Bertz CT molecular complexity index is 562. The van der Waals surface area contributed by atoms with E-state index in [4.69, 9.17) is 10.3 Å². The van der Waals surface area contributed by atoms with Crippen molar-refractivity contribution in [2.24, 2.45) is 5.11 Å². The van der Waals surface area contributed by atoms with Crippen LogP contribution in [-0.4, -0.2) is 34.4 Å². The highest BCUT2D eigenvalue weighted by atomic mass is 16.6. The van der Waals surface area contributed by atoms with Crippen molar-refractivity contribution in [3.8, 4) is 0 Å². The lowest BCUT2D eigenvalue weighted by atomic mass is 10.00. The minimum atomic E-state index is -1.17. The molecule has 0 radical (unpaired) electrons. The van der Waals surface area contributed by atoms with Gasteiger partial charge in [-0.25, -0.2) is 4.79 Å². The molecule has 0 aromatic heterocycles. The summed E-state index contributed by atoms with van der Waals surface area (Å²) in [6.45, 7) is 5.38. The Hall–Kier alpha value is -2.08. The predicted octanol–water partition coefficient (Wildman–Crippen LogP) is 2.74. The van der Waals surface area contributed by atoms with Crippen LogP contribution in [0.5, 0.6) is 0 Å². The van der Waals surface area contributed by atoms with E-state index >= 15 is 0 Å². The third-order valence-electron chi connectivity index (χ3n) is 2.82. The quantitative estimate of drug-likeness (QED) is 0.364. The summed E-state index contributed by atoms with van der Waals surface area (Å²) >= 11 is 0. The van der Waals surface area contributed by atoms with Gasteiger partial charge in [0.25, 0.3) is 0 Å². The molecule has 0 fully saturated rings. The van der Waals surface area contributed by atoms with Crippen molar-refractivity contribution < 1.29 is 19.7 Å². The first kappa shape index (κ1) is 18.0. The van der Waals surface area contributed by atoms with Gasteiger partial charge in [-0.3, -0.25) is 0 Å². The van der Waals surface area contributed by atoms with Gasteiger partial charge >= 0.3 is 5.97 Å². The normalized spacial score (nSPS) is 13.9. The molecule has 0 heterocycles. The van der Waals surface area contributed by atoms with Crippen molar-refractivity contribution in [2.75, 3.05) is 6.54 Å². The number of esters is 1. The van der Waals surface area contributed by atoms with Crippen LogP contribution in [-0.2, 0) is 4.74 Å². The number of rotatable bonds is 6. The highest BCUT2D eigenvalue weighted by molar-refractivity contribution is 5.89. The number of ether oxygens (including phenoxy) is 1. The smallest absolute Gasteiger partial charge is 0.338 e. The summed E-state index contributed by atoms with van der Waals surface area (Å²) in [6, 6.07) is 6.28. The Morgan fingerprint density at radius 3 is 2.68 bits per heavy atom. The van der Waals surface area contributed by atoms with Crippen LogP contribution in [0.1, 0.15) is 49.2 Å². The first-order valence-electron chi connectivity index (χ1n) is 6.95. The van der Waals surface area contributed by atoms with Crippen LogP contribution in [0.4, 0.5) is 0 Å². The van der Waals surface area contributed by atoms with E-state index in [9.17, 15) is 15.0 Å². The average molecular weight is 307 g/mol. The number of hydrogen-bond acceptors (Lipinski definition) is 5. The number of azide groups is 1. The largest absolute Gasteiger partial charge is 0.456 e. The predicted molar refractivity (Wildman–Crippen MR) is 81.2 cm³/mol. The molecule has 0 saturated carbocycles. The molecule has 7 heteroatoms. The summed E-state index contributed by atoms with van der Waals surface area (Å²) < 4.78 is 5.26. The van der Waals surface area contributed by atoms with Gasteiger partial charge in [0.05, 0.1) is 11.7 Å². The first-order valence-corrected chi connectivity index (χ1v) is 6.95. The number of nitrogens with zero attached hydrogens (tertiary/aromatic N) is 3. The van der Waals surface area contributed by atoms with Crippen LogP contribution in [0.3, 0.4) is 0 Å². The van der Waals surface area contributed by atoms with Crippen LogP contribution >= 0.6 is 0 Å². The van der Waals surface area contributed by atoms with Gasteiger partial charge in [0, 0.05) is 11.5 Å². The van der Waals surface area contributed by atoms with Gasteiger partial charge in [-0.15, -0.1) is 0 Å². The van der Waals surface area contributed by atoms with Gasteiger partial charge in [0.1, 0.15) is 11.7 Å². The molecule has 0 spiro atoms. The maximum atomic E-state index is 12.0. The molecule has 0 amide bonds. The molecule has 7 nitrogen and oxygen atoms in total. The topological polar surface area (TPSA) is 116 Å². The molecule has 1 rings (SSSR count). The molecule has 1 aromatic rings. The van der Waals surface area contributed by atoms with Crippen molar-refractivity contribution in [3.05, 3.63) is 45.8 Å². The molecule has 2 N–H and O–H groups in total. The first-order chi connectivity index (χ1) is 10.2. The Balaban J connectivity index is 2.82. The molecule has 2 atom stereocenters. The molecule has 0 aliphatic heterocycles. The third kappa shape index (κ3) is 5.73. The molecule has 0 bridgehead atoms. The van der Waals surface area contributed by atoms with Crippen LogP contribution in [0.2, 0.25) is 0 Å². The highest BCUT2D eigenvalue weighted by Gasteiger charge is 2.21. The second-order valence-electron chi connectivity index (χ2n) is 5.88. The van der Waals surface area contributed by atoms with Crippen molar-refractivity contribution in [3.63, 3.8) is 0 Å². The lowest BCUT2D eigenvalue weighted by Gasteiger charge is -2.21. The minimum absolute atomic E-state index is 0.0838. The van der Waals surface area contributed by atoms with E-state index in [0.29, 0.717) is 11.1 Å². The van der Waals surface area contributed by atoms with E-state index in [2.05, 4.69) is 10.0 Å². The number of benzene rings is 1.